The van der Waals surface area contributed by atoms with Gasteiger partial charge >= 0.3 is 5.97 Å². The molecule has 1 saturated carbocycles. The van der Waals surface area contributed by atoms with Gasteiger partial charge in [0, 0.05) is 18.9 Å². The second-order valence-electron chi connectivity index (χ2n) is 7.61. The third-order valence-electron chi connectivity index (χ3n) is 6.41. The first-order chi connectivity index (χ1) is 13.0. The average Bonchev–Trinajstić information content (AvgIpc) is 2.97. The van der Waals surface area contributed by atoms with E-state index in [-0.39, 0.29) is 23.8 Å². The molecular formula is C19H20N2O6. The lowest BCUT2D eigenvalue weighted by Crippen LogP contribution is -2.60. The highest BCUT2D eigenvalue weighted by molar-refractivity contribution is 6.07. The van der Waals surface area contributed by atoms with E-state index in [4.69, 9.17) is 14.3 Å². The second kappa shape index (κ2) is 5.53. The Hall–Kier alpha value is -2.45. The quantitative estimate of drug-likeness (QED) is 0.751. The topological polar surface area (TPSA) is 94.2 Å². The molecule has 1 aromatic rings. The van der Waals surface area contributed by atoms with E-state index in [1.54, 1.807) is 0 Å². The number of nitrogens with zero attached hydrogens (tertiary/aromatic N) is 1. The number of hydrogen-bond donors (Lipinski definition) is 1. The second-order valence-corrected chi connectivity index (χ2v) is 7.61. The van der Waals surface area contributed by atoms with Crippen molar-refractivity contribution in [1.29, 1.82) is 0 Å². The van der Waals surface area contributed by atoms with Gasteiger partial charge in [-0.15, -0.1) is 0 Å². The SMILES string of the molecule is CON1C(=O)[C@@]2(C[C@@H]3NC(=O)[C@H]4[C@@H]3CO[C@@H]2[C@H]4OC(C)=O)c2ccccc21. The average molecular weight is 372 g/mol. The lowest BCUT2D eigenvalue weighted by molar-refractivity contribution is -0.185. The van der Waals surface area contributed by atoms with Crippen LogP contribution in [0.15, 0.2) is 24.3 Å². The van der Waals surface area contributed by atoms with Gasteiger partial charge in [0.15, 0.2) is 0 Å². The highest BCUT2D eigenvalue weighted by Gasteiger charge is 2.69. The minimum atomic E-state index is -1.07. The Morgan fingerprint density at radius 1 is 1.33 bits per heavy atom. The summed E-state index contributed by atoms with van der Waals surface area (Å²) in [6, 6.07) is 7.18. The summed E-state index contributed by atoms with van der Waals surface area (Å²) in [5.41, 5.74) is 0.360. The maximum atomic E-state index is 13.6. The van der Waals surface area contributed by atoms with Crippen LogP contribution >= 0.6 is 0 Å². The van der Waals surface area contributed by atoms with Gasteiger partial charge in [-0.1, -0.05) is 18.2 Å². The van der Waals surface area contributed by atoms with Crippen LogP contribution in [0.5, 0.6) is 0 Å². The van der Waals surface area contributed by atoms with Gasteiger partial charge in [-0.05, 0) is 18.1 Å². The van der Waals surface area contributed by atoms with Crippen molar-refractivity contribution >= 4 is 23.5 Å². The summed E-state index contributed by atoms with van der Waals surface area (Å²) in [6.45, 7) is 1.65. The molecule has 1 aliphatic carbocycles. The van der Waals surface area contributed by atoms with Gasteiger partial charge in [0.1, 0.15) is 17.6 Å². The number of ether oxygens (including phenoxy) is 2. The van der Waals surface area contributed by atoms with E-state index >= 15 is 0 Å². The van der Waals surface area contributed by atoms with Crippen molar-refractivity contribution in [2.75, 3.05) is 18.8 Å². The van der Waals surface area contributed by atoms with E-state index in [9.17, 15) is 14.4 Å². The minimum Gasteiger partial charge on any atom is -0.459 e. The molecule has 0 aromatic heterocycles. The molecule has 4 heterocycles. The molecule has 1 N–H and O–H groups in total. The van der Waals surface area contributed by atoms with Crippen molar-refractivity contribution in [2.45, 2.75) is 37.0 Å². The number of carbonyl (C=O) groups is 3. The van der Waals surface area contributed by atoms with E-state index in [2.05, 4.69) is 5.32 Å². The maximum absolute atomic E-state index is 13.6. The molecule has 0 unspecified atom stereocenters. The predicted octanol–water partition coefficient (Wildman–Crippen LogP) is 0.297. The number of nitrogens with one attached hydrogen (secondary N) is 1. The van der Waals surface area contributed by atoms with Gasteiger partial charge < -0.3 is 14.8 Å². The van der Waals surface area contributed by atoms with Crippen LogP contribution in [0, 0.1) is 11.8 Å². The molecule has 4 fully saturated rings. The van der Waals surface area contributed by atoms with Crippen molar-refractivity contribution in [3.05, 3.63) is 29.8 Å². The van der Waals surface area contributed by atoms with Gasteiger partial charge in [-0.2, -0.15) is 5.06 Å². The number of amides is 2. The van der Waals surface area contributed by atoms with Crippen LogP contribution in [0.2, 0.25) is 0 Å². The number of fused-ring (bicyclic) bond motifs is 2. The Kier molecular flexibility index (Phi) is 3.42. The van der Waals surface area contributed by atoms with Crippen molar-refractivity contribution in [1.82, 2.24) is 5.32 Å². The van der Waals surface area contributed by atoms with E-state index < -0.39 is 29.5 Å². The Morgan fingerprint density at radius 3 is 2.85 bits per heavy atom. The minimum absolute atomic E-state index is 0.131. The molecule has 4 bridgehead atoms. The highest BCUT2D eigenvalue weighted by Crippen LogP contribution is 2.56. The van der Waals surface area contributed by atoms with E-state index in [1.807, 2.05) is 24.3 Å². The number of hydroxylamine groups is 1. The smallest absolute Gasteiger partial charge is 0.303 e. The molecule has 27 heavy (non-hydrogen) atoms. The number of hydrogen-bond acceptors (Lipinski definition) is 6. The van der Waals surface area contributed by atoms with Crippen LogP contribution < -0.4 is 10.4 Å². The number of anilines is 1. The Labute approximate surface area is 155 Å². The van der Waals surface area contributed by atoms with Crippen LogP contribution in [-0.2, 0) is 34.1 Å². The molecule has 8 heteroatoms. The van der Waals surface area contributed by atoms with Gasteiger partial charge in [0.25, 0.3) is 5.91 Å². The fraction of sp³-hybridized carbons (Fsp3) is 0.526. The molecule has 1 aromatic carbocycles. The molecule has 1 spiro atoms. The molecule has 6 rings (SSSR count). The molecule has 0 radical (unpaired) electrons. The third kappa shape index (κ3) is 1.97. The largest absolute Gasteiger partial charge is 0.459 e. The molecule has 4 aliphatic heterocycles. The summed E-state index contributed by atoms with van der Waals surface area (Å²) in [6.07, 6.45) is -1.17. The number of carbonyl (C=O) groups excluding carboxylic acids is 3. The number of para-hydroxylation sites is 1. The maximum Gasteiger partial charge on any atom is 0.303 e. The normalized spacial score (nSPS) is 38.7. The molecule has 142 valence electrons. The predicted molar refractivity (Wildman–Crippen MR) is 91.4 cm³/mol. The zero-order chi connectivity index (χ0) is 18.9. The van der Waals surface area contributed by atoms with Crippen LogP contribution in [0.3, 0.4) is 0 Å². The molecule has 5 aliphatic rings. The molecule has 3 saturated heterocycles. The molecule has 6 atom stereocenters. The van der Waals surface area contributed by atoms with Crippen LogP contribution in [0.25, 0.3) is 0 Å². The van der Waals surface area contributed by atoms with Crippen molar-refractivity contribution in [3.63, 3.8) is 0 Å². The highest BCUT2D eigenvalue weighted by atomic mass is 16.7. The summed E-state index contributed by atoms with van der Waals surface area (Å²) in [5.74, 6) is -1.52. The van der Waals surface area contributed by atoms with Gasteiger partial charge in [0.05, 0.1) is 25.3 Å². The van der Waals surface area contributed by atoms with Crippen molar-refractivity contribution in [2.24, 2.45) is 11.8 Å². The summed E-state index contributed by atoms with van der Waals surface area (Å²) >= 11 is 0. The van der Waals surface area contributed by atoms with Crippen LogP contribution in [0.4, 0.5) is 5.69 Å². The fourth-order valence-corrected chi connectivity index (χ4v) is 5.44. The van der Waals surface area contributed by atoms with Gasteiger partial charge in [-0.25, -0.2) is 0 Å². The van der Waals surface area contributed by atoms with Gasteiger partial charge in [0.2, 0.25) is 5.91 Å². The standard InChI is InChI=1S/C19H20N2O6/c1-9(22)27-15-14-10-8-26-16(15)19(7-12(10)20-17(14)23)11-5-3-4-6-13(11)21(25-2)18(19)24/h3-6,10,12,14-16H,7-8H2,1-2H3,(H,20,23)/t10-,12+,14+,15+,16-,19+/m1/s1. The van der Waals surface area contributed by atoms with Crippen LogP contribution in [-0.4, -0.2) is 49.8 Å². The summed E-state index contributed by atoms with van der Waals surface area (Å²) in [7, 11) is 1.44. The first-order valence-electron chi connectivity index (χ1n) is 9.06. The summed E-state index contributed by atoms with van der Waals surface area (Å²) in [5, 5.41) is 4.28. The fourth-order valence-electron chi connectivity index (χ4n) is 5.44. The molecule has 8 nitrogen and oxygen atoms in total. The first kappa shape index (κ1) is 16.7. The van der Waals surface area contributed by atoms with Crippen molar-refractivity contribution < 1.29 is 28.7 Å². The van der Waals surface area contributed by atoms with Crippen molar-refractivity contribution in [3.8, 4) is 0 Å². The Balaban J connectivity index is 1.72. The number of esters is 1. The van der Waals surface area contributed by atoms with E-state index in [0.717, 1.165) is 5.56 Å². The van der Waals surface area contributed by atoms with E-state index in [0.29, 0.717) is 18.7 Å². The zero-order valence-electron chi connectivity index (χ0n) is 15.0. The van der Waals surface area contributed by atoms with E-state index in [1.165, 1.54) is 19.1 Å². The summed E-state index contributed by atoms with van der Waals surface area (Å²) in [4.78, 5) is 43.3. The number of benzene rings is 1. The molecule has 2 amide bonds. The van der Waals surface area contributed by atoms with Crippen LogP contribution in [0.1, 0.15) is 18.9 Å². The zero-order valence-corrected chi connectivity index (χ0v) is 15.0. The summed E-state index contributed by atoms with van der Waals surface area (Å²) < 4.78 is 11.7. The Bertz CT molecular complexity index is 856. The Morgan fingerprint density at radius 2 is 2.11 bits per heavy atom. The molecular weight excluding hydrogens is 352 g/mol. The monoisotopic (exact) mass is 372 g/mol. The van der Waals surface area contributed by atoms with Gasteiger partial charge in [-0.3, -0.25) is 19.2 Å². The lowest BCUT2D eigenvalue weighted by Gasteiger charge is -2.42. The number of rotatable bonds is 2. The third-order valence-corrected chi connectivity index (χ3v) is 6.41. The lowest BCUT2D eigenvalue weighted by atomic mass is 9.70. The first-order valence-corrected chi connectivity index (χ1v) is 9.06.